The molecule has 0 fully saturated rings. The fourth-order valence-corrected chi connectivity index (χ4v) is 1.93. The van der Waals surface area contributed by atoms with Crippen molar-refractivity contribution in [2.45, 2.75) is 25.0 Å². The topological polar surface area (TPSA) is 92.8 Å². The molecule has 5 heteroatoms. The number of carbonyl (C=O) groups is 1. The fraction of sp³-hybridized carbons (Fsp3) is 0.417. The molecule has 0 radical (unpaired) electrons. The van der Waals surface area contributed by atoms with E-state index in [9.17, 15) is 15.0 Å². The third-order valence-electron chi connectivity index (χ3n) is 2.83. The minimum atomic E-state index is -1.17. The van der Waals surface area contributed by atoms with Crippen LogP contribution in [-0.4, -0.2) is 28.8 Å². The molecule has 1 aliphatic heterocycles. The van der Waals surface area contributed by atoms with E-state index in [1.54, 1.807) is 18.2 Å². The molecular weight excluding hydrogens is 222 g/mol. The van der Waals surface area contributed by atoms with Gasteiger partial charge in [-0.2, -0.15) is 0 Å². The van der Waals surface area contributed by atoms with E-state index < -0.39 is 18.1 Å². The smallest absolute Gasteiger partial charge is 0.220 e. The summed E-state index contributed by atoms with van der Waals surface area (Å²) >= 11 is 0. The maximum Gasteiger partial charge on any atom is 0.220 e. The second-order valence-corrected chi connectivity index (χ2v) is 4.15. The van der Waals surface area contributed by atoms with Gasteiger partial charge in [0.05, 0.1) is 19.1 Å². The highest BCUT2D eigenvalue weighted by atomic mass is 16.5. The number of aliphatic hydroxyl groups excluding tert-OH is 2. The minimum Gasteiger partial charge on any atom is -0.493 e. The summed E-state index contributed by atoms with van der Waals surface area (Å²) in [6.45, 7) is 0.638. The van der Waals surface area contributed by atoms with Gasteiger partial charge in [0.2, 0.25) is 5.91 Å². The number of nitrogens with two attached hydrogens (primary N) is 1. The summed E-state index contributed by atoms with van der Waals surface area (Å²) in [7, 11) is 0. The molecular formula is C12H15NO4. The number of aliphatic hydroxyl groups is 2. The van der Waals surface area contributed by atoms with Gasteiger partial charge in [-0.05, 0) is 23.3 Å². The third kappa shape index (κ3) is 2.57. The lowest BCUT2D eigenvalue weighted by atomic mass is 9.99. The molecule has 17 heavy (non-hydrogen) atoms. The first-order chi connectivity index (χ1) is 8.08. The largest absolute Gasteiger partial charge is 0.493 e. The van der Waals surface area contributed by atoms with E-state index in [-0.39, 0.29) is 6.42 Å². The molecule has 0 bridgehead atoms. The molecule has 2 rings (SSSR count). The molecule has 2 unspecified atom stereocenters. The quantitative estimate of drug-likeness (QED) is 0.681. The van der Waals surface area contributed by atoms with Crippen LogP contribution in [0, 0.1) is 0 Å². The zero-order valence-electron chi connectivity index (χ0n) is 9.30. The lowest BCUT2D eigenvalue weighted by Gasteiger charge is -2.17. The molecule has 4 N–H and O–H groups in total. The molecule has 0 saturated carbocycles. The Morgan fingerprint density at radius 1 is 1.47 bits per heavy atom. The van der Waals surface area contributed by atoms with E-state index in [1.165, 1.54) is 0 Å². The zero-order valence-corrected chi connectivity index (χ0v) is 9.30. The Labute approximate surface area is 98.8 Å². The Hall–Kier alpha value is -1.59. The molecule has 92 valence electrons. The first kappa shape index (κ1) is 11.9. The number of hydrogen-bond donors (Lipinski definition) is 3. The third-order valence-corrected chi connectivity index (χ3v) is 2.83. The van der Waals surface area contributed by atoms with Gasteiger partial charge in [-0.1, -0.05) is 6.07 Å². The lowest BCUT2D eigenvalue weighted by molar-refractivity contribution is -0.121. The molecule has 5 nitrogen and oxygen atoms in total. The van der Waals surface area contributed by atoms with E-state index in [2.05, 4.69) is 0 Å². The van der Waals surface area contributed by atoms with Crippen LogP contribution >= 0.6 is 0 Å². The van der Waals surface area contributed by atoms with E-state index in [0.717, 1.165) is 17.7 Å². The number of ether oxygens (including phenoxy) is 1. The molecule has 1 amide bonds. The minimum absolute atomic E-state index is 0.255. The van der Waals surface area contributed by atoms with E-state index in [0.29, 0.717) is 12.2 Å². The van der Waals surface area contributed by atoms with Crippen molar-refractivity contribution in [1.29, 1.82) is 0 Å². The van der Waals surface area contributed by atoms with Gasteiger partial charge in [0.15, 0.2) is 0 Å². The van der Waals surface area contributed by atoms with Gasteiger partial charge in [-0.25, -0.2) is 0 Å². The number of rotatable bonds is 4. The number of amides is 1. The van der Waals surface area contributed by atoms with E-state index >= 15 is 0 Å². The van der Waals surface area contributed by atoms with Gasteiger partial charge in [0.1, 0.15) is 11.9 Å². The molecule has 1 aromatic rings. The Bertz CT molecular complexity index is 433. The standard InChI is InChI=1S/C12H15NO4/c13-11(15)6-9(14)12(16)8-1-2-10-7(5-8)3-4-17-10/h1-2,5,9,12,14,16H,3-4,6H2,(H2,13,15). The summed E-state index contributed by atoms with van der Waals surface area (Å²) in [6, 6.07) is 5.23. The van der Waals surface area contributed by atoms with Crippen molar-refractivity contribution in [3.63, 3.8) is 0 Å². The van der Waals surface area contributed by atoms with Crippen LogP contribution in [0.5, 0.6) is 5.75 Å². The highest BCUT2D eigenvalue weighted by Gasteiger charge is 2.22. The number of benzene rings is 1. The number of carbonyl (C=O) groups excluding carboxylic acids is 1. The first-order valence-electron chi connectivity index (χ1n) is 5.48. The van der Waals surface area contributed by atoms with Crippen LogP contribution in [0.4, 0.5) is 0 Å². The van der Waals surface area contributed by atoms with Gasteiger partial charge < -0.3 is 20.7 Å². The maximum absolute atomic E-state index is 10.7. The van der Waals surface area contributed by atoms with Gasteiger partial charge in [0, 0.05) is 6.42 Å². The molecule has 0 aliphatic carbocycles. The highest BCUT2D eigenvalue weighted by molar-refractivity contribution is 5.74. The van der Waals surface area contributed by atoms with Crippen LogP contribution in [0.1, 0.15) is 23.7 Å². The number of fused-ring (bicyclic) bond motifs is 1. The van der Waals surface area contributed by atoms with Gasteiger partial charge in [-0.15, -0.1) is 0 Å². The second kappa shape index (κ2) is 4.73. The summed E-state index contributed by atoms with van der Waals surface area (Å²) in [4.78, 5) is 10.7. The zero-order chi connectivity index (χ0) is 12.4. The summed E-state index contributed by atoms with van der Waals surface area (Å²) in [5.74, 6) is 0.173. The molecule has 0 saturated heterocycles. The Morgan fingerprint density at radius 2 is 2.24 bits per heavy atom. The molecule has 2 atom stereocenters. The van der Waals surface area contributed by atoms with Gasteiger partial charge in [0.25, 0.3) is 0 Å². The fourth-order valence-electron chi connectivity index (χ4n) is 1.93. The summed E-state index contributed by atoms with van der Waals surface area (Å²) < 4.78 is 5.34. The van der Waals surface area contributed by atoms with E-state index in [1.807, 2.05) is 0 Å². The molecule has 1 aliphatic rings. The highest BCUT2D eigenvalue weighted by Crippen LogP contribution is 2.29. The van der Waals surface area contributed by atoms with Crippen molar-refractivity contribution in [2.24, 2.45) is 5.73 Å². The number of primary amides is 1. The van der Waals surface area contributed by atoms with Crippen LogP contribution in [-0.2, 0) is 11.2 Å². The summed E-state index contributed by atoms with van der Waals surface area (Å²) in [6.07, 6.45) is -1.74. The van der Waals surface area contributed by atoms with Crippen molar-refractivity contribution in [3.8, 4) is 5.75 Å². The average molecular weight is 237 g/mol. The monoisotopic (exact) mass is 237 g/mol. The predicted octanol–water partition coefficient (Wildman–Crippen LogP) is -0.109. The molecule has 0 aromatic heterocycles. The normalized spacial score (nSPS) is 17.1. The van der Waals surface area contributed by atoms with Crippen molar-refractivity contribution in [3.05, 3.63) is 29.3 Å². The molecule has 1 aromatic carbocycles. The van der Waals surface area contributed by atoms with Crippen LogP contribution < -0.4 is 10.5 Å². The van der Waals surface area contributed by atoms with Crippen molar-refractivity contribution < 1.29 is 19.7 Å². The Morgan fingerprint density at radius 3 is 2.94 bits per heavy atom. The predicted molar refractivity (Wildman–Crippen MR) is 60.4 cm³/mol. The lowest BCUT2D eigenvalue weighted by Crippen LogP contribution is -2.25. The van der Waals surface area contributed by atoms with Gasteiger partial charge >= 0.3 is 0 Å². The maximum atomic E-state index is 10.7. The van der Waals surface area contributed by atoms with Crippen molar-refractivity contribution in [2.75, 3.05) is 6.61 Å². The Kier molecular flexibility index (Phi) is 3.31. The van der Waals surface area contributed by atoms with E-state index in [4.69, 9.17) is 10.5 Å². The van der Waals surface area contributed by atoms with Crippen LogP contribution in [0.3, 0.4) is 0 Å². The van der Waals surface area contributed by atoms with Crippen LogP contribution in [0.15, 0.2) is 18.2 Å². The van der Waals surface area contributed by atoms with Crippen LogP contribution in [0.25, 0.3) is 0 Å². The second-order valence-electron chi connectivity index (χ2n) is 4.15. The SMILES string of the molecule is NC(=O)CC(O)C(O)c1ccc2c(c1)CCO2. The van der Waals surface area contributed by atoms with Crippen molar-refractivity contribution in [1.82, 2.24) is 0 Å². The van der Waals surface area contributed by atoms with Gasteiger partial charge in [-0.3, -0.25) is 4.79 Å². The Balaban J connectivity index is 2.14. The summed E-state index contributed by atoms with van der Waals surface area (Å²) in [5.41, 5.74) is 6.55. The van der Waals surface area contributed by atoms with Crippen molar-refractivity contribution >= 4 is 5.91 Å². The number of hydrogen-bond acceptors (Lipinski definition) is 4. The average Bonchev–Trinajstić information content (AvgIpc) is 2.73. The first-order valence-corrected chi connectivity index (χ1v) is 5.48. The molecule has 1 heterocycles. The summed E-state index contributed by atoms with van der Waals surface area (Å²) in [5, 5.41) is 19.5. The molecule has 0 spiro atoms. The van der Waals surface area contributed by atoms with Crippen LogP contribution in [0.2, 0.25) is 0 Å².